The average molecular weight is 643 g/mol. The van der Waals surface area contributed by atoms with Crippen LogP contribution in [0.2, 0.25) is 0 Å². The third kappa shape index (κ3) is 6.91. The summed E-state index contributed by atoms with van der Waals surface area (Å²) in [6, 6.07) is 8.97. The lowest BCUT2D eigenvalue weighted by Gasteiger charge is -2.37. The highest BCUT2D eigenvalue weighted by molar-refractivity contribution is 7.89. The molecule has 0 radical (unpaired) electrons. The molecule has 4 heterocycles. The van der Waals surface area contributed by atoms with E-state index < -0.39 is 26.6 Å². The molecule has 3 aliphatic heterocycles. The van der Waals surface area contributed by atoms with Crippen LogP contribution in [0.4, 0.5) is 20.2 Å². The van der Waals surface area contributed by atoms with Crippen LogP contribution >= 0.6 is 0 Å². The number of nitrogens with zero attached hydrogens (tertiary/aromatic N) is 4. The second kappa shape index (κ2) is 13.1. The van der Waals surface area contributed by atoms with Gasteiger partial charge in [0.2, 0.25) is 10.0 Å². The first kappa shape index (κ1) is 31.6. The van der Waals surface area contributed by atoms with E-state index in [0.29, 0.717) is 48.6 Å². The molecule has 3 aromatic rings. The molecule has 0 unspecified atom stereocenters. The van der Waals surface area contributed by atoms with E-state index in [-0.39, 0.29) is 31.3 Å². The zero-order valence-electron chi connectivity index (χ0n) is 25.7. The SMILES string of the molecule is CN(C)C1CCN(c2ccc(C(=O)Cc3n[nH]c4c3CN(S(=O)(=O)c3cc(F)cc(F)c3)CC4)c(NC3CCOCC3)c2)CC1. The minimum atomic E-state index is -4.17. The summed E-state index contributed by atoms with van der Waals surface area (Å²) in [5.74, 6) is -2.06. The van der Waals surface area contributed by atoms with E-state index in [4.69, 9.17) is 4.74 Å². The quantitative estimate of drug-likeness (QED) is 0.338. The lowest BCUT2D eigenvalue weighted by Crippen LogP contribution is -2.42. The molecule has 1 aromatic heterocycles. The van der Waals surface area contributed by atoms with Crippen molar-refractivity contribution in [2.45, 2.75) is 62.0 Å². The molecule has 0 aliphatic carbocycles. The summed E-state index contributed by atoms with van der Waals surface area (Å²) in [5.41, 5.74) is 4.25. The van der Waals surface area contributed by atoms with E-state index in [2.05, 4.69) is 45.5 Å². The number of aromatic amines is 1. The Morgan fingerprint density at radius 2 is 1.76 bits per heavy atom. The van der Waals surface area contributed by atoms with Gasteiger partial charge in [0.1, 0.15) is 11.6 Å². The maximum Gasteiger partial charge on any atom is 0.243 e. The molecular weight excluding hydrogens is 602 g/mol. The minimum Gasteiger partial charge on any atom is -0.381 e. The van der Waals surface area contributed by atoms with Crippen molar-refractivity contribution in [3.63, 3.8) is 0 Å². The van der Waals surface area contributed by atoms with Crippen LogP contribution in [0.15, 0.2) is 41.3 Å². The van der Waals surface area contributed by atoms with Gasteiger partial charge in [-0.3, -0.25) is 9.89 Å². The number of hydrogen-bond donors (Lipinski definition) is 2. The maximum absolute atomic E-state index is 13.9. The van der Waals surface area contributed by atoms with Gasteiger partial charge >= 0.3 is 0 Å². The molecule has 0 bridgehead atoms. The molecule has 13 heteroatoms. The van der Waals surface area contributed by atoms with Gasteiger partial charge in [0, 0.05) is 92.2 Å². The van der Waals surface area contributed by atoms with Crippen molar-refractivity contribution in [3.8, 4) is 0 Å². The monoisotopic (exact) mass is 642 g/mol. The average Bonchev–Trinajstić information content (AvgIpc) is 3.43. The molecular formula is C32H40F2N6O4S. The van der Waals surface area contributed by atoms with E-state index in [1.807, 2.05) is 12.1 Å². The predicted octanol–water partition coefficient (Wildman–Crippen LogP) is 3.98. The van der Waals surface area contributed by atoms with Crippen molar-refractivity contribution in [1.82, 2.24) is 19.4 Å². The van der Waals surface area contributed by atoms with Crippen LogP contribution in [0.25, 0.3) is 0 Å². The molecule has 0 saturated carbocycles. The summed E-state index contributed by atoms with van der Waals surface area (Å²) in [7, 11) is 0.0675. The maximum atomic E-state index is 13.9. The summed E-state index contributed by atoms with van der Waals surface area (Å²) in [6.45, 7) is 3.28. The Morgan fingerprint density at radius 3 is 2.44 bits per heavy atom. The number of rotatable bonds is 9. The fourth-order valence-electron chi connectivity index (χ4n) is 6.55. The fourth-order valence-corrected chi connectivity index (χ4v) is 8.00. The van der Waals surface area contributed by atoms with Gasteiger partial charge in [-0.2, -0.15) is 9.40 Å². The Balaban J connectivity index is 1.23. The zero-order chi connectivity index (χ0) is 31.7. The van der Waals surface area contributed by atoms with Crippen LogP contribution in [0, 0.1) is 11.6 Å². The molecule has 242 valence electrons. The van der Waals surface area contributed by atoms with E-state index in [9.17, 15) is 22.0 Å². The highest BCUT2D eigenvalue weighted by Gasteiger charge is 2.32. The molecule has 2 aromatic carbocycles. The summed E-state index contributed by atoms with van der Waals surface area (Å²) < 4.78 is 61.0. The molecule has 0 atom stereocenters. The number of carbonyl (C=O) groups excluding carboxylic acids is 1. The zero-order valence-corrected chi connectivity index (χ0v) is 26.5. The number of hydrogen-bond acceptors (Lipinski definition) is 8. The first-order chi connectivity index (χ1) is 21.6. The third-order valence-corrected chi connectivity index (χ3v) is 11.1. The number of benzene rings is 2. The van der Waals surface area contributed by atoms with E-state index in [1.54, 1.807) is 0 Å². The van der Waals surface area contributed by atoms with Gasteiger partial charge in [0.05, 0.1) is 17.0 Å². The van der Waals surface area contributed by atoms with E-state index in [1.165, 1.54) is 4.31 Å². The third-order valence-electron chi connectivity index (χ3n) is 9.23. The van der Waals surface area contributed by atoms with Crippen molar-refractivity contribution >= 4 is 27.2 Å². The second-order valence-electron chi connectivity index (χ2n) is 12.4. The first-order valence-corrected chi connectivity index (χ1v) is 17.0. The van der Waals surface area contributed by atoms with Gasteiger partial charge in [-0.15, -0.1) is 0 Å². The molecule has 0 amide bonds. The van der Waals surface area contributed by atoms with Gasteiger partial charge in [-0.25, -0.2) is 17.2 Å². The number of aromatic nitrogens is 2. The number of nitrogens with one attached hydrogen (secondary N) is 2. The molecule has 45 heavy (non-hydrogen) atoms. The molecule has 0 spiro atoms. The fraction of sp³-hybridized carbons (Fsp3) is 0.500. The van der Waals surface area contributed by atoms with E-state index in [0.717, 1.165) is 68.0 Å². The van der Waals surface area contributed by atoms with Gasteiger partial charge in [0.25, 0.3) is 0 Å². The number of carbonyl (C=O) groups is 1. The number of ketones is 1. The normalized spacial score (nSPS) is 18.7. The molecule has 6 rings (SSSR count). The number of anilines is 2. The lowest BCUT2D eigenvalue weighted by molar-refractivity contribution is 0.0904. The number of Topliss-reactive ketones (excluding diaryl/α,β-unsaturated/α-hetero) is 1. The van der Waals surface area contributed by atoms with Gasteiger partial charge in [0.15, 0.2) is 5.78 Å². The molecule has 10 nitrogen and oxygen atoms in total. The Bertz CT molecular complexity index is 1630. The van der Waals surface area contributed by atoms with Crippen molar-refractivity contribution in [2.75, 3.05) is 57.2 Å². The van der Waals surface area contributed by atoms with Crippen molar-refractivity contribution in [1.29, 1.82) is 0 Å². The van der Waals surface area contributed by atoms with Crippen LogP contribution in [0.1, 0.15) is 53.0 Å². The summed E-state index contributed by atoms with van der Waals surface area (Å²) >= 11 is 0. The Hall–Kier alpha value is -3.39. The Labute approximate surface area is 262 Å². The largest absolute Gasteiger partial charge is 0.381 e. The summed E-state index contributed by atoms with van der Waals surface area (Å²) in [4.78, 5) is 18.1. The number of fused-ring (bicyclic) bond motifs is 1. The van der Waals surface area contributed by atoms with Crippen LogP contribution in [0.5, 0.6) is 0 Å². The van der Waals surface area contributed by atoms with Gasteiger partial charge in [-0.05, 0) is 70.1 Å². The topological polar surface area (TPSA) is 111 Å². The molecule has 3 aliphatic rings. The second-order valence-corrected chi connectivity index (χ2v) is 14.3. The highest BCUT2D eigenvalue weighted by atomic mass is 32.2. The van der Waals surface area contributed by atoms with Gasteiger partial charge in [-0.1, -0.05) is 0 Å². The van der Waals surface area contributed by atoms with Crippen LogP contribution in [-0.2, 0) is 34.1 Å². The number of ether oxygens (including phenoxy) is 1. The Morgan fingerprint density at radius 1 is 1.04 bits per heavy atom. The first-order valence-electron chi connectivity index (χ1n) is 15.5. The number of halogens is 2. The van der Waals surface area contributed by atoms with E-state index >= 15 is 0 Å². The molecule has 2 fully saturated rings. The number of H-pyrrole nitrogens is 1. The smallest absolute Gasteiger partial charge is 0.243 e. The van der Waals surface area contributed by atoms with Crippen LogP contribution < -0.4 is 10.2 Å². The Kier molecular flexibility index (Phi) is 9.23. The molecule has 2 saturated heterocycles. The molecule has 2 N–H and O–H groups in total. The number of sulfonamides is 1. The summed E-state index contributed by atoms with van der Waals surface area (Å²) in [5, 5.41) is 11.0. The predicted molar refractivity (Wildman–Crippen MR) is 167 cm³/mol. The standard InChI is InChI=1S/C32H40F2N6O4S/c1-38(2)24-5-10-39(11-6-24)25-3-4-27(30(18-25)35-23-8-13-44-14-9-23)32(41)19-31-28-20-40(12-7-29(28)36-37-31)45(42,43)26-16-21(33)15-22(34)17-26/h3-4,15-18,23-24,35H,5-14,19-20H2,1-2H3,(H,36,37). The van der Waals surface area contributed by atoms with Crippen LogP contribution in [0.3, 0.4) is 0 Å². The minimum absolute atomic E-state index is 0.0235. The highest BCUT2D eigenvalue weighted by Crippen LogP contribution is 2.31. The number of piperidine rings is 1. The van der Waals surface area contributed by atoms with Crippen molar-refractivity contribution < 1.29 is 26.7 Å². The van der Waals surface area contributed by atoms with Gasteiger partial charge < -0.3 is 19.9 Å². The lowest BCUT2D eigenvalue weighted by atomic mass is 9.98. The van der Waals surface area contributed by atoms with Crippen molar-refractivity contribution in [3.05, 3.63) is 70.5 Å². The van der Waals surface area contributed by atoms with Crippen LogP contribution in [-0.4, -0.2) is 92.6 Å². The summed E-state index contributed by atoms with van der Waals surface area (Å²) in [6.07, 6.45) is 4.15. The van der Waals surface area contributed by atoms with Crippen molar-refractivity contribution in [2.24, 2.45) is 0 Å².